The molecular formula is C13H23NO3. The summed E-state index contributed by atoms with van der Waals surface area (Å²) in [4.78, 5) is 10.2. The van der Waals surface area contributed by atoms with Gasteiger partial charge in [-0.2, -0.15) is 0 Å². The second-order valence-corrected chi connectivity index (χ2v) is 2.59. The van der Waals surface area contributed by atoms with Gasteiger partial charge < -0.3 is 15.5 Å². The second-order valence-electron chi connectivity index (χ2n) is 2.59. The Labute approximate surface area is 103 Å². The molecule has 4 nitrogen and oxygen atoms in total. The van der Waals surface area contributed by atoms with Crippen molar-refractivity contribution in [3.05, 3.63) is 24.3 Å². The molecule has 17 heavy (non-hydrogen) atoms. The van der Waals surface area contributed by atoms with E-state index in [1.54, 1.807) is 24.3 Å². The highest BCUT2D eigenvalue weighted by atomic mass is 16.4. The van der Waals surface area contributed by atoms with Crippen molar-refractivity contribution in [3.8, 4) is 5.75 Å². The Bertz CT molecular complexity index is 300. The fraction of sp³-hybridized carbons (Fsp3) is 0.462. The molecule has 3 N–H and O–H groups in total. The fourth-order valence-corrected chi connectivity index (χ4v) is 0.927. The lowest BCUT2D eigenvalue weighted by Gasteiger charge is -2.05. The molecule has 1 aromatic carbocycles. The Kier molecular flexibility index (Phi) is 12.9. The number of anilines is 1. The summed E-state index contributed by atoms with van der Waals surface area (Å²) in [6.45, 7) is 8.31. The number of benzene rings is 1. The van der Waals surface area contributed by atoms with Crippen LogP contribution in [0.3, 0.4) is 0 Å². The minimum Gasteiger partial charge on any atom is -0.506 e. The van der Waals surface area contributed by atoms with E-state index in [9.17, 15) is 9.90 Å². The van der Waals surface area contributed by atoms with Crippen molar-refractivity contribution in [2.45, 2.75) is 34.1 Å². The largest absolute Gasteiger partial charge is 0.506 e. The zero-order valence-electron chi connectivity index (χ0n) is 11.0. The summed E-state index contributed by atoms with van der Waals surface area (Å²) in [6, 6.07) is 6.71. The maximum absolute atomic E-state index is 10.2. The first kappa shape index (κ1) is 17.7. The van der Waals surface area contributed by atoms with Gasteiger partial charge in [0.15, 0.2) is 0 Å². The number of hydrogen-bond acceptors (Lipinski definition) is 3. The number of para-hydroxylation sites is 2. The Morgan fingerprint density at radius 1 is 1.18 bits per heavy atom. The molecule has 0 saturated carbocycles. The number of carboxylic acid groups (broad SMARTS) is 1. The van der Waals surface area contributed by atoms with Crippen LogP contribution < -0.4 is 5.32 Å². The van der Waals surface area contributed by atoms with E-state index in [0.29, 0.717) is 12.2 Å². The summed E-state index contributed by atoms with van der Waals surface area (Å²) in [7, 11) is 0. The van der Waals surface area contributed by atoms with E-state index >= 15 is 0 Å². The number of hydrogen-bond donors (Lipinski definition) is 3. The van der Waals surface area contributed by atoms with Crippen LogP contribution in [0, 0.1) is 0 Å². The van der Waals surface area contributed by atoms with Gasteiger partial charge in [-0.25, -0.2) is 0 Å². The van der Waals surface area contributed by atoms with E-state index in [2.05, 4.69) is 5.32 Å². The zero-order chi connectivity index (χ0) is 13.7. The van der Waals surface area contributed by atoms with Gasteiger partial charge in [0.25, 0.3) is 0 Å². The molecule has 0 radical (unpaired) electrons. The SMILES string of the molecule is CC.CC.O=C(O)CCNc1ccccc1O. The van der Waals surface area contributed by atoms with Crippen molar-refractivity contribution in [3.63, 3.8) is 0 Å². The number of phenols is 1. The van der Waals surface area contributed by atoms with Gasteiger partial charge in [-0.3, -0.25) is 4.79 Å². The van der Waals surface area contributed by atoms with Crippen LogP contribution in [-0.4, -0.2) is 22.7 Å². The molecule has 0 aromatic heterocycles. The summed E-state index contributed by atoms with van der Waals surface area (Å²) in [5.41, 5.74) is 0.559. The minimum atomic E-state index is -0.858. The van der Waals surface area contributed by atoms with Crippen LogP contribution in [0.5, 0.6) is 5.75 Å². The van der Waals surface area contributed by atoms with Gasteiger partial charge in [0, 0.05) is 6.54 Å². The van der Waals surface area contributed by atoms with Crippen molar-refractivity contribution < 1.29 is 15.0 Å². The van der Waals surface area contributed by atoms with Crippen LogP contribution in [0.15, 0.2) is 24.3 Å². The highest BCUT2D eigenvalue weighted by molar-refractivity contribution is 5.67. The topological polar surface area (TPSA) is 69.6 Å². The van der Waals surface area contributed by atoms with Crippen LogP contribution in [0.2, 0.25) is 0 Å². The standard InChI is InChI=1S/C9H11NO3.2C2H6/c11-8-4-2-1-3-7(8)10-6-5-9(12)13;2*1-2/h1-4,10-11H,5-6H2,(H,12,13);2*1-2H3. The molecule has 4 heteroatoms. The molecule has 0 amide bonds. The quantitative estimate of drug-likeness (QED) is 0.707. The van der Waals surface area contributed by atoms with E-state index in [0.717, 1.165) is 0 Å². The molecule has 0 heterocycles. The third-order valence-corrected chi connectivity index (χ3v) is 1.56. The zero-order valence-corrected chi connectivity index (χ0v) is 11.0. The van der Waals surface area contributed by atoms with Gasteiger partial charge in [-0.05, 0) is 12.1 Å². The lowest BCUT2D eigenvalue weighted by atomic mass is 10.3. The molecule has 1 rings (SSSR count). The first-order valence-corrected chi connectivity index (χ1v) is 5.94. The van der Waals surface area contributed by atoms with Crippen molar-refractivity contribution in [1.82, 2.24) is 0 Å². The van der Waals surface area contributed by atoms with E-state index in [1.165, 1.54) is 0 Å². The van der Waals surface area contributed by atoms with Gasteiger partial charge in [0.2, 0.25) is 0 Å². The number of aromatic hydroxyl groups is 1. The Morgan fingerprint density at radius 2 is 1.71 bits per heavy atom. The smallest absolute Gasteiger partial charge is 0.305 e. The van der Waals surface area contributed by atoms with Crippen LogP contribution in [-0.2, 0) is 4.79 Å². The number of phenolic OH excluding ortho intramolecular Hbond substituents is 1. The predicted molar refractivity (Wildman–Crippen MR) is 71.5 cm³/mol. The predicted octanol–water partition coefficient (Wildman–Crippen LogP) is 3.33. The Balaban J connectivity index is 0. The van der Waals surface area contributed by atoms with Gasteiger partial charge >= 0.3 is 5.97 Å². The molecule has 0 fully saturated rings. The molecule has 0 saturated heterocycles. The summed E-state index contributed by atoms with van der Waals surface area (Å²) in [5.74, 6) is -0.726. The lowest BCUT2D eigenvalue weighted by Crippen LogP contribution is -2.07. The van der Waals surface area contributed by atoms with E-state index in [4.69, 9.17) is 5.11 Å². The highest BCUT2D eigenvalue weighted by Crippen LogP contribution is 2.20. The van der Waals surface area contributed by atoms with Crippen LogP contribution in [0.4, 0.5) is 5.69 Å². The van der Waals surface area contributed by atoms with Gasteiger partial charge in [0.05, 0.1) is 12.1 Å². The molecule has 0 bridgehead atoms. The first-order chi connectivity index (χ1) is 8.20. The molecule has 0 aliphatic rings. The number of nitrogens with one attached hydrogen (secondary N) is 1. The molecule has 98 valence electrons. The number of carbonyl (C=O) groups is 1. The van der Waals surface area contributed by atoms with Gasteiger partial charge in [-0.15, -0.1) is 0 Å². The molecule has 0 unspecified atom stereocenters. The molecule has 0 aliphatic heterocycles. The van der Waals surface area contributed by atoms with Crippen LogP contribution in [0.25, 0.3) is 0 Å². The Morgan fingerprint density at radius 3 is 2.18 bits per heavy atom. The van der Waals surface area contributed by atoms with E-state index in [-0.39, 0.29) is 12.2 Å². The number of rotatable bonds is 4. The minimum absolute atomic E-state index is 0.0360. The maximum Gasteiger partial charge on any atom is 0.305 e. The molecule has 0 atom stereocenters. The summed E-state index contributed by atoms with van der Waals surface area (Å²) in [5, 5.41) is 20.4. The molecular weight excluding hydrogens is 218 g/mol. The monoisotopic (exact) mass is 241 g/mol. The third-order valence-electron chi connectivity index (χ3n) is 1.56. The van der Waals surface area contributed by atoms with Crippen molar-refractivity contribution >= 4 is 11.7 Å². The first-order valence-electron chi connectivity index (χ1n) is 5.94. The third kappa shape index (κ3) is 9.23. The van der Waals surface area contributed by atoms with E-state index < -0.39 is 5.97 Å². The van der Waals surface area contributed by atoms with Crippen LogP contribution >= 0.6 is 0 Å². The Hall–Kier alpha value is -1.71. The number of carboxylic acids is 1. The lowest BCUT2D eigenvalue weighted by molar-refractivity contribution is -0.136. The summed E-state index contributed by atoms with van der Waals surface area (Å²) >= 11 is 0. The van der Waals surface area contributed by atoms with Crippen molar-refractivity contribution in [1.29, 1.82) is 0 Å². The maximum atomic E-state index is 10.2. The van der Waals surface area contributed by atoms with Gasteiger partial charge in [0.1, 0.15) is 5.75 Å². The molecule has 1 aromatic rings. The summed E-state index contributed by atoms with van der Waals surface area (Å²) < 4.78 is 0. The number of aliphatic carboxylic acids is 1. The van der Waals surface area contributed by atoms with Crippen LogP contribution in [0.1, 0.15) is 34.1 Å². The van der Waals surface area contributed by atoms with E-state index in [1.807, 2.05) is 27.7 Å². The average Bonchev–Trinajstić information content (AvgIpc) is 2.36. The highest BCUT2D eigenvalue weighted by Gasteiger charge is 1.99. The summed E-state index contributed by atoms with van der Waals surface area (Å²) in [6.07, 6.45) is 0.0360. The van der Waals surface area contributed by atoms with Crippen molar-refractivity contribution in [2.75, 3.05) is 11.9 Å². The fourth-order valence-electron chi connectivity index (χ4n) is 0.927. The normalized spacial score (nSPS) is 8.00. The second kappa shape index (κ2) is 12.4. The van der Waals surface area contributed by atoms with Crippen molar-refractivity contribution in [2.24, 2.45) is 0 Å². The van der Waals surface area contributed by atoms with Gasteiger partial charge in [-0.1, -0.05) is 39.8 Å². The average molecular weight is 241 g/mol. The molecule has 0 spiro atoms. The molecule has 0 aliphatic carbocycles.